The molecule has 0 aromatic heterocycles. The van der Waals surface area contributed by atoms with Gasteiger partial charge in [-0.25, -0.2) is 0 Å². The maximum Gasteiger partial charge on any atom is 0.227 e. The smallest absolute Gasteiger partial charge is 0.227 e. The van der Waals surface area contributed by atoms with E-state index in [2.05, 4.69) is 0 Å². The molecule has 1 unspecified atom stereocenters. The zero-order valence-corrected chi connectivity index (χ0v) is 13.5. The summed E-state index contributed by atoms with van der Waals surface area (Å²) in [5.74, 6) is 1.76. The molecule has 0 saturated carbocycles. The van der Waals surface area contributed by atoms with Crippen LogP contribution in [0, 0.1) is 5.92 Å². The van der Waals surface area contributed by atoms with Gasteiger partial charge in [0.25, 0.3) is 0 Å². The minimum Gasteiger partial charge on any atom is -0.489 e. The minimum absolute atomic E-state index is 0.0629. The van der Waals surface area contributed by atoms with Crippen molar-refractivity contribution in [1.82, 2.24) is 0 Å². The van der Waals surface area contributed by atoms with Crippen LogP contribution in [0.4, 0.5) is 5.69 Å². The van der Waals surface area contributed by atoms with Gasteiger partial charge < -0.3 is 9.64 Å². The van der Waals surface area contributed by atoms with Gasteiger partial charge in [0.15, 0.2) is 5.12 Å². The monoisotopic (exact) mass is 307 g/mol. The van der Waals surface area contributed by atoms with Gasteiger partial charge in [-0.2, -0.15) is 0 Å². The summed E-state index contributed by atoms with van der Waals surface area (Å²) in [7, 11) is 0. The molecule has 1 amide bonds. The molecule has 1 aromatic carbocycles. The quantitative estimate of drug-likeness (QED) is 0.838. The van der Waals surface area contributed by atoms with Crippen LogP contribution in [0.2, 0.25) is 0 Å². The van der Waals surface area contributed by atoms with Crippen molar-refractivity contribution < 1.29 is 14.3 Å². The maximum absolute atomic E-state index is 12.2. The van der Waals surface area contributed by atoms with Crippen molar-refractivity contribution in [3.63, 3.8) is 0 Å². The van der Waals surface area contributed by atoms with E-state index in [4.69, 9.17) is 4.74 Å². The second kappa shape index (κ2) is 6.98. The summed E-state index contributed by atoms with van der Waals surface area (Å²) in [5.41, 5.74) is 0.825. The van der Waals surface area contributed by atoms with Crippen molar-refractivity contribution in [1.29, 1.82) is 0 Å². The van der Waals surface area contributed by atoms with Gasteiger partial charge in [0.1, 0.15) is 5.75 Å². The summed E-state index contributed by atoms with van der Waals surface area (Å²) in [6, 6.07) is 7.62. The SMILES string of the molecule is CC(=O)SCC1CC(=O)N(c2ccccc2OC(C)C)C1. The van der Waals surface area contributed by atoms with E-state index in [1.807, 2.05) is 38.1 Å². The van der Waals surface area contributed by atoms with Crippen LogP contribution in [0.3, 0.4) is 0 Å². The lowest BCUT2D eigenvalue weighted by molar-refractivity contribution is -0.117. The Labute approximate surface area is 129 Å². The van der Waals surface area contributed by atoms with Crippen molar-refractivity contribution >= 4 is 28.5 Å². The number of benzene rings is 1. The van der Waals surface area contributed by atoms with Crippen LogP contribution in [0.15, 0.2) is 24.3 Å². The molecule has 1 fully saturated rings. The highest BCUT2D eigenvalue weighted by Crippen LogP contribution is 2.34. The lowest BCUT2D eigenvalue weighted by Crippen LogP contribution is -2.25. The first-order valence-corrected chi connectivity index (χ1v) is 8.15. The van der Waals surface area contributed by atoms with Gasteiger partial charge in [0, 0.05) is 25.6 Å². The zero-order valence-electron chi connectivity index (χ0n) is 12.7. The van der Waals surface area contributed by atoms with Crippen molar-refractivity contribution in [3.8, 4) is 5.75 Å². The molecule has 0 aliphatic carbocycles. The van der Waals surface area contributed by atoms with Gasteiger partial charge in [-0.15, -0.1) is 0 Å². The summed E-state index contributed by atoms with van der Waals surface area (Å²) >= 11 is 1.29. The van der Waals surface area contributed by atoms with Crippen molar-refractivity contribution in [2.24, 2.45) is 5.92 Å². The predicted octanol–water partition coefficient (Wildman–Crippen LogP) is 3.11. The lowest BCUT2D eigenvalue weighted by Gasteiger charge is -2.21. The maximum atomic E-state index is 12.2. The number of hydrogen-bond acceptors (Lipinski definition) is 4. The molecule has 0 radical (unpaired) electrons. The van der Waals surface area contributed by atoms with E-state index >= 15 is 0 Å². The van der Waals surface area contributed by atoms with E-state index in [1.165, 1.54) is 11.8 Å². The number of para-hydroxylation sites is 2. The molecule has 1 heterocycles. The molecular weight excluding hydrogens is 286 g/mol. The molecule has 1 aromatic rings. The second-order valence-electron chi connectivity index (χ2n) is 5.51. The number of anilines is 1. The third kappa shape index (κ3) is 4.24. The summed E-state index contributed by atoms with van der Waals surface area (Å²) in [4.78, 5) is 25.1. The molecule has 2 rings (SSSR count). The van der Waals surface area contributed by atoms with Gasteiger partial charge in [-0.3, -0.25) is 9.59 Å². The molecule has 1 saturated heterocycles. The van der Waals surface area contributed by atoms with Gasteiger partial charge in [0.2, 0.25) is 5.91 Å². The Kier molecular flexibility index (Phi) is 5.28. The van der Waals surface area contributed by atoms with Crippen LogP contribution in [-0.4, -0.2) is 29.4 Å². The Bertz CT molecular complexity index is 530. The van der Waals surface area contributed by atoms with Crippen LogP contribution in [0.25, 0.3) is 0 Å². The molecular formula is C16H21NO3S. The van der Waals surface area contributed by atoms with Crippen LogP contribution in [-0.2, 0) is 9.59 Å². The Balaban J connectivity index is 2.11. The van der Waals surface area contributed by atoms with Crippen LogP contribution in [0.1, 0.15) is 27.2 Å². The molecule has 114 valence electrons. The molecule has 0 N–H and O–H groups in total. The predicted molar refractivity (Wildman–Crippen MR) is 85.8 cm³/mol. The fourth-order valence-corrected chi connectivity index (χ4v) is 3.09. The third-order valence-corrected chi connectivity index (χ3v) is 4.29. The topological polar surface area (TPSA) is 46.6 Å². The summed E-state index contributed by atoms with van der Waals surface area (Å²) in [5, 5.41) is 0.101. The van der Waals surface area contributed by atoms with Crippen molar-refractivity contribution in [2.45, 2.75) is 33.3 Å². The minimum atomic E-state index is 0.0629. The average molecular weight is 307 g/mol. The molecule has 21 heavy (non-hydrogen) atoms. The fourth-order valence-electron chi connectivity index (χ4n) is 2.39. The number of rotatable bonds is 5. The lowest BCUT2D eigenvalue weighted by atomic mass is 10.1. The van der Waals surface area contributed by atoms with Gasteiger partial charge >= 0.3 is 0 Å². The van der Waals surface area contributed by atoms with E-state index in [-0.39, 0.29) is 23.0 Å². The van der Waals surface area contributed by atoms with E-state index in [0.29, 0.717) is 18.7 Å². The van der Waals surface area contributed by atoms with Crippen LogP contribution < -0.4 is 9.64 Å². The molecule has 1 aliphatic rings. The fraction of sp³-hybridized carbons (Fsp3) is 0.500. The van der Waals surface area contributed by atoms with Crippen LogP contribution >= 0.6 is 11.8 Å². The molecule has 1 atom stereocenters. The largest absolute Gasteiger partial charge is 0.489 e. The van der Waals surface area contributed by atoms with E-state index in [0.717, 1.165) is 11.4 Å². The number of ether oxygens (including phenoxy) is 1. The Morgan fingerprint density at radius 3 is 2.81 bits per heavy atom. The molecule has 1 aliphatic heterocycles. The first-order valence-electron chi connectivity index (χ1n) is 7.16. The highest BCUT2D eigenvalue weighted by Gasteiger charge is 2.32. The number of hydrogen-bond donors (Lipinski definition) is 0. The Morgan fingerprint density at radius 1 is 1.43 bits per heavy atom. The number of nitrogens with zero attached hydrogens (tertiary/aromatic N) is 1. The standard InChI is InChI=1S/C16H21NO3S/c1-11(2)20-15-7-5-4-6-14(15)17-9-13(8-16(17)19)10-21-12(3)18/h4-7,11,13H,8-10H2,1-3H3. The normalized spacial score (nSPS) is 18.4. The number of amides is 1. The van der Waals surface area contributed by atoms with E-state index in [9.17, 15) is 9.59 Å². The van der Waals surface area contributed by atoms with Crippen molar-refractivity contribution in [2.75, 3.05) is 17.2 Å². The van der Waals surface area contributed by atoms with Gasteiger partial charge in [-0.05, 0) is 31.9 Å². The zero-order chi connectivity index (χ0) is 15.4. The number of thioether (sulfide) groups is 1. The van der Waals surface area contributed by atoms with Gasteiger partial charge in [-0.1, -0.05) is 23.9 Å². The van der Waals surface area contributed by atoms with E-state index in [1.54, 1.807) is 11.8 Å². The Morgan fingerprint density at radius 2 is 2.14 bits per heavy atom. The first kappa shape index (κ1) is 15.9. The third-order valence-electron chi connectivity index (χ3n) is 3.25. The first-order chi connectivity index (χ1) is 9.97. The van der Waals surface area contributed by atoms with Crippen molar-refractivity contribution in [3.05, 3.63) is 24.3 Å². The summed E-state index contributed by atoms with van der Waals surface area (Å²) in [6.45, 7) is 6.15. The Hall–Kier alpha value is -1.49. The average Bonchev–Trinajstić information content (AvgIpc) is 2.77. The van der Waals surface area contributed by atoms with Gasteiger partial charge in [0.05, 0.1) is 11.8 Å². The van der Waals surface area contributed by atoms with E-state index < -0.39 is 0 Å². The molecule has 0 bridgehead atoms. The highest BCUT2D eigenvalue weighted by molar-refractivity contribution is 8.13. The second-order valence-corrected chi connectivity index (χ2v) is 6.71. The number of carbonyl (C=O) groups is 2. The summed E-state index contributed by atoms with van der Waals surface area (Å²) < 4.78 is 5.79. The molecule has 0 spiro atoms. The van der Waals surface area contributed by atoms with Crippen LogP contribution in [0.5, 0.6) is 5.75 Å². The molecule has 4 nitrogen and oxygen atoms in total. The molecule has 5 heteroatoms. The summed E-state index contributed by atoms with van der Waals surface area (Å²) in [6.07, 6.45) is 0.559. The highest BCUT2D eigenvalue weighted by atomic mass is 32.2. The number of carbonyl (C=O) groups excluding carboxylic acids is 2.